The number of ether oxygens (including phenoxy) is 1. The molecule has 0 saturated carbocycles. The Balaban J connectivity index is 1.85. The summed E-state index contributed by atoms with van der Waals surface area (Å²) in [6.07, 6.45) is -0.621. The highest BCUT2D eigenvalue weighted by atomic mass is 19.1. The fourth-order valence-corrected chi connectivity index (χ4v) is 3.47. The number of cyclic esters (lactones) is 1. The molecule has 27 heavy (non-hydrogen) atoms. The van der Waals surface area contributed by atoms with Gasteiger partial charge in [0, 0.05) is 13.0 Å². The van der Waals surface area contributed by atoms with E-state index >= 15 is 0 Å². The van der Waals surface area contributed by atoms with Crippen molar-refractivity contribution < 1.29 is 23.8 Å². The third kappa shape index (κ3) is 3.97. The van der Waals surface area contributed by atoms with Gasteiger partial charge in [0.1, 0.15) is 13.7 Å². The van der Waals surface area contributed by atoms with Crippen LogP contribution in [0.15, 0.2) is 48.5 Å². The number of aliphatic carboxylic acids is 1. The molecule has 2 aromatic rings. The summed E-state index contributed by atoms with van der Waals surface area (Å²) in [4.78, 5) is 25.8. The topological polar surface area (TPSA) is 66.8 Å². The number of carboxylic acid groups (broad SMARTS) is 1. The maximum absolute atomic E-state index is 13.3. The molecule has 1 saturated heterocycles. The van der Waals surface area contributed by atoms with Gasteiger partial charge in [0.15, 0.2) is 5.60 Å². The van der Waals surface area contributed by atoms with Crippen molar-refractivity contribution in [1.82, 2.24) is 4.90 Å². The molecule has 1 amide bonds. The zero-order valence-corrected chi connectivity index (χ0v) is 15.3. The number of halogens is 1. The number of carbonyl (C=O) groups is 2. The van der Waals surface area contributed by atoms with Crippen molar-refractivity contribution in [2.24, 2.45) is 0 Å². The Hall–Kier alpha value is -2.83. The van der Waals surface area contributed by atoms with Crippen LogP contribution in [0.4, 0.5) is 9.18 Å². The van der Waals surface area contributed by atoms with Crippen LogP contribution in [0.1, 0.15) is 36.9 Å². The van der Waals surface area contributed by atoms with E-state index in [4.69, 9.17) is 4.74 Å². The molecule has 0 radical (unpaired) electrons. The van der Waals surface area contributed by atoms with E-state index in [-0.39, 0.29) is 12.5 Å². The summed E-state index contributed by atoms with van der Waals surface area (Å²) in [5.74, 6) is -1.51. The predicted molar refractivity (Wildman–Crippen MR) is 101 cm³/mol. The monoisotopic (exact) mass is 369 g/mol. The molecule has 1 N–H and O–H groups in total. The zero-order chi connectivity index (χ0) is 19.6. The smallest absolute Gasteiger partial charge is 0.411 e. The van der Waals surface area contributed by atoms with Crippen LogP contribution >= 0.6 is 0 Å². The number of carbonyl (C=O) groups excluding carboxylic acids is 1. The SMILES string of the molecule is Bc1ccc([C@H](C)N2CC[C@](CC(=O)O)(c3ccc(F)cc3)OC2=O)cc1. The molecule has 0 aromatic heterocycles. The first-order chi connectivity index (χ1) is 12.8. The lowest BCUT2D eigenvalue weighted by Crippen LogP contribution is -2.49. The Kier molecular flexibility index (Phi) is 5.21. The van der Waals surface area contributed by atoms with Crippen LogP contribution in [0.2, 0.25) is 0 Å². The van der Waals surface area contributed by atoms with Crippen molar-refractivity contribution in [3.05, 3.63) is 65.5 Å². The Morgan fingerprint density at radius 3 is 2.44 bits per heavy atom. The second-order valence-corrected chi connectivity index (χ2v) is 6.97. The van der Waals surface area contributed by atoms with Crippen LogP contribution < -0.4 is 5.46 Å². The zero-order valence-electron chi connectivity index (χ0n) is 15.3. The lowest BCUT2D eigenvalue weighted by Gasteiger charge is -2.42. The van der Waals surface area contributed by atoms with E-state index in [1.54, 1.807) is 4.90 Å². The number of rotatable bonds is 5. The molecular weight excluding hydrogens is 348 g/mol. The molecule has 1 heterocycles. The molecule has 0 spiro atoms. The van der Waals surface area contributed by atoms with E-state index in [9.17, 15) is 19.1 Å². The fraction of sp³-hybridized carbons (Fsp3) is 0.300. The average molecular weight is 369 g/mol. The molecule has 2 aromatic carbocycles. The average Bonchev–Trinajstić information content (AvgIpc) is 2.62. The minimum Gasteiger partial charge on any atom is -0.481 e. The molecule has 0 aliphatic carbocycles. The van der Waals surface area contributed by atoms with Gasteiger partial charge >= 0.3 is 12.1 Å². The summed E-state index contributed by atoms with van der Waals surface area (Å²) in [7, 11) is 1.99. The van der Waals surface area contributed by atoms with Crippen LogP contribution in [-0.2, 0) is 15.1 Å². The van der Waals surface area contributed by atoms with E-state index in [2.05, 4.69) is 0 Å². The minimum absolute atomic E-state index is 0.200. The van der Waals surface area contributed by atoms with Crippen molar-refractivity contribution in [2.75, 3.05) is 6.54 Å². The van der Waals surface area contributed by atoms with Gasteiger partial charge in [-0.1, -0.05) is 41.9 Å². The number of hydrogen-bond donors (Lipinski definition) is 1. The van der Waals surface area contributed by atoms with Gasteiger partial charge in [0.2, 0.25) is 0 Å². The van der Waals surface area contributed by atoms with Crippen molar-refractivity contribution >= 4 is 25.4 Å². The predicted octanol–water partition coefficient (Wildman–Crippen LogP) is 2.36. The molecule has 2 atom stereocenters. The highest BCUT2D eigenvalue weighted by Crippen LogP contribution is 2.39. The molecule has 140 valence electrons. The van der Waals surface area contributed by atoms with Gasteiger partial charge in [-0.15, -0.1) is 0 Å². The maximum Gasteiger partial charge on any atom is 0.411 e. The number of amides is 1. The van der Waals surface area contributed by atoms with Crippen molar-refractivity contribution in [1.29, 1.82) is 0 Å². The van der Waals surface area contributed by atoms with Crippen molar-refractivity contribution in [2.45, 2.75) is 31.4 Å². The standard InChI is InChI=1S/C20H21BFNO4/c1-13(14-2-6-16(21)7-3-14)23-11-10-20(12-18(24)25,27-19(23)26)15-4-8-17(22)9-5-15/h2-9,13H,10-12,21H2,1H3,(H,24,25)/t13-,20-/m0/s1. The van der Waals surface area contributed by atoms with E-state index in [1.807, 2.05) is 39.0 Å². The molecule has 3 rings (SSSR count). The summed E-state index contributed by atoms with van der Waals surface area (Å²) in [5.41, 5.74) is 1.30. The van der Waals surface area contributed by atoms with Gasteiger partial charge in [0.25, 0.3) is 0 Å². The molecule has 0 bridgehead atoms. The molecule has 1 aliphatic heterocycles. The third-order valence-electron chi connectivity index (χ3n) is 5.11. The number of nitrogens with zero attached hydrogens (tertiary/aromatic N) is 1. The highest BCUT2D eigenvalue weighted by Gasteiger charge is 2.45. The van der Waals surface area contributed by atoms with Crippen molar-refractivity contribution in [3.8, 4) is 0 Å². The van der Waals surface area contributed by atoms with Gasteiger partial charge in [-0.05, 0) is 30.2 Å². The molecule has 0 unspecified atom stereocenters. The minimum atomic E-state index is -1.29. The van der Waals surface area contributed by atoms with Gasteiger partial charge < -0.3 is 14.7 Å². The van der Waals surface area contributed by atoms with E-state index in [1.165, 1.54) is 24.3 Å². The summed E-state index contributed by atoms with van der Waals surface area (Å²) in [6.45, 7) is 2.26. The van der Waals surface area contributed by atoms with Gasteiger partial charge in [0.05, 0.1) is 12.5 Å². The largest absolute Gasteiger partial charge is 0.481 e. The fourth-order valence-electron chi connectivity index (χ4n) is 3.47. The van der Waals surface area contributed by atoms with Gasteiger partial charge in [-0.2, -0.15) is 0 Å². The Morgan fingerprint density at radius 2 is 1.89 bits per heavy atom. The van der Waals surface area contributed by atoms with Crippen LogP contribution in [0.25, 0.3) is 0 Å². The molecular formula is C20H21BFNO4. The van der Waals surface area contributed by atoms with Crippen LogP contribution in [0.5, 0.6) is 0 Å². The second kappa shape index (κ2) is 7.43. The molecule has 5 nitrogen and oxygen atoms in total. The van der Waals surface area contributed by atoms with E-state index in [0.29, 0.717) is 18.5 Å². The Bertz CT molecular complexity index is 840. The molecule has 1 aliphatic rings. The Morgan fingerprint density at radius 1 is 1.26 bits per heavy atom. The van der Waals surface area contributed by atoms with Crippen LogP contribution in [0, 0.1) is 5.82 Å². The Labute approximate surface area is 158 Å². The lowest BCUT2D eigenvalue weighted by molar-refractivity contribution is -0.146. The highest BCUT2D eigenvalue weighted by molar-refractivity contribution is 6.32. The molecule has 7 heteroatoms. The first-order valence-electron chi connectivity index (χ1n) is 8.85. The number of benzene rings is 2. The van der Waals surface area contributed by atoms with Gasteiger partial charge in [-0.3, -0.25) is 4.79 Å². The van der Waals surface area contributed by atoms with E-state index in [0.717, 1.165) is 11.0 Å². The summed E-state index contributed by atoms with van der Waals surface area (Å²) >= 11 is 0. The number of hydrogen-bond acceptors (Lipinski definition) is 3. The lowest BCUT2D eigenvalue weighted by atomic mass is 9.85. The van der Waals surface area contributed by atoms with Crippen LogP contribution in [-0.4, -0.2) is 36.5 Å². The summed E-state index contributed by atoms with van der Waals surface area (Å²) < 4.78 is 18.9. The van der Waals surface area contributed by atoms with Gasteiger partial charge in [-0.25, -0.2) is 9.18 Å². The summed E-state index contributed by atoms with van der Waals surface area (Å²) in [5, 5.41) is 9.33. The third-order valence-corrected chi connectivity index (χ3v) is 5.11. The summed E-state index contributed by atoms with van der Waals surface area (Å²) in [6, 6.07) is 13.1. The first-order valence-corrected chi connectivity index (χ1v) is 8.85. The van der Waals surface area contributed by atoms with Crippen molar-refractivity contribution in [3.63, 3.8) is 0 Å². The maximum atomic E-state index is 13.3. The normalized spacial score (nSPS) is 20.8. The number of carboxylic acids is 1. The quantitative estimate of drug-likeness (QED) is 0.822. The van der Waals surface area contributed by atoms with E-state index < -0.39 is 23.5 Å². The first kappa shape index (κ1) is 19.0. The van der Waals surface area contributed by atoms with Crippen LogP contribution in [0.3, 0.4) is 0 Å². The second-order valence-electron chi connectivity index (χ2n) is 6.97. The molecule has 1 fully saturated rings.